The van der Waals surface area contributed by atoms with Crippen LogP contribution in [0.3, 0.4) is 0 Å². The Hall–Kier alpha value is 0.160. The van der Waals surface area contributed by atoms with Crippen molar-refractivity contribution in [2.75, 3.05) is 13.7 Å². The van der Waals surface area contributed by atoms with Crippen LogP contribution in [0.4, 0.5) is 0 Å². The number of methoxy groups -OCH3 is 1. The normalized spacial score (nSPS) is 13.5. The van der Waals surface area contributed by atoms with Gasteiger partial charge in [0, 0.05) is 16.7 Å². The van der Waals surface area contributed by atoms with Crippen LogP contribution in [0.1, 0.15) is 51.6 Å². The molecule has 0 bridgehead atoms. The fourth-order valence-corrected chi connectivity index (χ4v) is 2.55. The Morgan fingerprint density at radius 2 is 2.10 bits per heavy atom. The largest absolute Gasteiger partial charge is 0.379 e. The molecule has 1 aromatic rings. The average Bonchev–Trinajstić information content (AvgIpc) is 2.42. The molecule has 0 aliphatic carbocycles. The van der Waals surface area contributed by atoms with Gasteiger partial charge in [-0.25, -0.2) is 0 Å². The molecule has 0 spiro atoms. The lowest BCUT2D eigenvalue weighted by molar-refractivity contribution is 0.0117. The van der Waals surface area contributed by atoms with Gasteiger partial charge in [-0.3, -0.25) is 0 Å². The van der Waals surface area contributed by atoms with Gasteiger partial charge in [0.2, 0.25) is 0 Å². The zero-order chi connectivity index (χ0) is 15.2. The highest BCUT2D eigenvalue weighted by molar-refractivity contribution is 14.1. The minimum Gasteiger partial charge on any atom is -0.379 e. The van der Waals surface area contributed by atoms with E-state index in [0.717, 1.165) is 34.4 Å². The second-order valence-corrected chi connectivity index (χ2v) is 7.25. The second-order valence-electron chi connectivity index (χ2n) is 5.68. The van der Waals surface area contributed by atoms with E-state index in [1.54, 1.807) is 7.11 Å². The summed E-state index contributed by atoms with van der Waals surface area (Å²) in [5, 5.41) is 4.44. The molecule has 1 N–H and O–H groups in total. The predicted octanol–water partition coefficient (Wildman–Crippen LogP) is 5.19. The molecule has 1 unspecified atom stereocenters. The van der Waals surface area contributed by atoms with E-state index in [4.69, 9.17) is 16.3 Å². The fourth-order valence-electron chi connectivity index (χ4n) is 2.03. The van der Waals surface area contributed by atoms with Crippen molar-refractivity contribution in [1.82, 2.24) is 5.32 Å². The lowest BCUT2D eigenvalue weighted by Gasteiger charge is -2.27. The highest BCUT2D eigenvalue weighted by atomic mass is 127. The standard InChI is InChI=1S/C16H25ClINO/c1-5-10-19-15(8-9-16(2,3)20-4)12-6-7-14(18)13(17)11-12/h6-7,11,15,19H,5,8-10H2,1-4H3. The van der Waals surface area contributed by atoms with E-state index in [9.17, 15) is 0 Å². The van der Waals surface area contributed by atoms with Crippen molar-refractivity contribution in [3.8, 4) is 0 Å². The van der Waals surface area contributed by atoms with E-state index in [-0.39, 0.29) is 5.60 Å². The molecule has 2 nitrogen and oxygen atoms in total. The summed E-state index contributed by atoms with van der Waals surface area (Å²) in [5.74, 6) is 0. The van der Waals surface area contributed by atoms with E-state index in [0.29, 0.717) is 6.04 Å². The summed E-state index contributed by atoms with van der Waals surface area (Å²) in [5.41, 5.74) is 1.18. The van der Waals surface area contributed by atoms with Gasteiger partial charge in [-0.05, 0) is 79.9 Å². The Labute approximate surface area is 141 Å². The van der Waals surface area contributed by atoms with E-state index in [1.807, 2.05) is 0 Å². The van der Waals surface area contributed by atoms with Crippen molar-refractivity contribution in [2.45, 2.75) is 51.7 Å². The maximum Gasteiger partial charge on any atom is 0.0623 e. The van der Waals surface area contributed by atoms with Crippen molar-refractivity contribution in [3.63, 3.8) is 0 Å². The summed E-state index contributed by atoms with van der Waals surface area (Å²) in [4.78, 5) is 0. The molecule has 0 amide bonds. The Morgan fingerprint density at radius 3 is 2.65 bits per heavy atom. The summed E-state index contributed by atoms with van der Waals surface area (Å²) < 4.78 is 6.61. The van der Waals surface area contributed by atoms with Crippen LogP contribution in [0.2, 0.25) is 5.02 Å². The molecule has 0 saturated heterocycles. The summed E-state index contributed by atoms with van der Waals surface area (Å²) in [6, 6.07) is 6.66. The molecule has 1 atom stereocenters. The Balaban J connectivity index is 2.79. The Morgan fingerprint density at radius 1 is 1.40 bits per heavy atom. The van der Waals surface area contributed by atoms with Gasteiger partial charge in [0.05, 0.1) is 10.6 Å². The van der Waals surface area contributed by atoms with Crippen molar-refractivity contribution in [1.29, 1.82) is 0 Å². The number of rotatable bonds is 8. The molecule has 114 valence electrons. The number of hydrogen-bond donors (Lipinski definition) is 1. The lowest BCUT2D eigenvalue weighted by atomic mass is 9.95. The first-order chi connectivity index (χ1) is 9.39. The minimum atomic E-state index is -0.0842. The quantitative estimate of drug-likeness (QED) is 0.597. The number of halogens is 2. The highest BCUT2D eigenvalue weighted by Crippen LogP contribution is 2.28. The number of ether oxygens (including phenoxy) is 1. The molecule has 1 rings (SSSR count). The van der Waals surface area contributed by atoms with E-state index in [2.05, 4.69) is 66.9 Å². The monoisotopic (exact) mass is 409 g/mol. The van der Waals surface area contributed by atoms with Crippen LogP contribution in [0, 0.1) is 3.57 Å². The summed E-state index contributed by atoms with van der Waals surface area (Å²) in [6.45, 7) is 7.46. The second kappa shape index (κ2) is 8.57. The van der Waals surface area contributed by atoms with Crippen LogP contribution >= 0.6 is 34.2 Å². The van der Waals surface area contributed by atoms with Crippen molar-refractivity contribution in [2.24, 2.45) is 0 Å². The van der Waals surface area contributed by atoms with E-state index >= 15 is 0 Å². The molecule has 0 saturated carbocycles. The third-order valence-electron chi connectivity index (χ3n) is 3.57. The van der Waals surface area contributed by atoms with Crippen LogP contribution < -0.4 is 5.32 Å². The zero-order valence-corrected chi connectivity index (χ0v) is 15.7. The molecule has 4 heteroatoms. The molecular weight excluding hydrogens is 385 g/mol. The number of nitrogens with one attached hydrogen (secondary N) is 1. The highest BCUT2D eigenvalue weighted by Gasteiger charge is 2.20. The maximum absolute atomic E-state index is 6.25. The van der Waals surface area contributed by atoms with Crippen LogP contribution in [-0.4, -0.2) is 19.3 Å². The third kappa shape index (κ3) is 5.88. The van der Waals surface area contributed by atoms with Crippen LogP contribution in [-0.2, 0) is 4.74 Å². The fraction of sp³-hybridized carbons (Fsp3) is 0.625. The van der Waals surface area contributed by atoms with Gasteiger partial charge in [0.1, 0.15) is 0 Å². The molecule has 0 fully saturated rings. The first-order valence-electron chi connectivity index (χ1n) is 7.13. The predicted molar refractivity (Wildman–Crippen MR) is 95.5 cm³/mol. The van der Waals surface area contributed by atoms with Crippen LogP contribution in [0.15, 0.2) is 18.2 Å². The lowest BCUT2D eigenvalue weighted by Crippen LogP contribution is -2.28. The zero-order valence-electron chi connectivity index (χ0n) is 12.8. The van der Waals surface area contributed by atoms with Gasteiger partial charge in [-0.2, -0.15) is 0 Å². The van der Waals surface area contributed by atoms with E-state index in [1.165, 1.54) is 5.56 Å². The van der Waals surface area contributed by atoms with Gasteiger partial charge in [0.15, 0.2) is 0 Å². The van der Waals surface area contributed by atoms with Gasteiger partial charge in [-0.1, -0.05) is 24.6 Å². The van der Waals surface area contributed by atoms with Crippen LogP contribution in [0.5, 0.6) is 0 Å². The molecule has 20 heavy (non-hydrogen) atoms. The van der Waals surface area contributed by atoms with Crippen molar-refractivity contribution in [3.05, 3.63) is 32.4 Å². The maximum atomic E-state index is 6.25. The SMILES string of the molecule is CCCNC(CCC(C)(C)OC)c1ccc(I)c(Cl)c1. The van der Waals surface area contributed by atoms with E-state index < -0.39 is 0 Å². The molecular formula is C16H25ClINO. The van der Waals surface area contributed by atoms with Crippen molar-refractivity contribution >= 4 is 34.2 Å². The van der Waals surface area contributed by atoms with Gasteiger partial charge >= 0.3 is 0 Å². The smallest absolute Gasteiger partial charge is 0.0623 e. The molecule has 0 aliphatic heterocycles. The van der Waals surface area contributed by atoms with Gasteiger partial charge in [0.25, 0.3) is 0 Å². The Kier molecular flexibility index (Phi) is 7.80. The van der Waals surface area contributed by atoms with Crippen LogP contribution in [0.25, 0.3) is 0 Å². The molecule has 0 heterocycles. The number of benzene rings is 1. The topological polar surface area (TPSA) is 21.3 Å². The van der Waals surface area contributed by atoms with Gasteiger partial charge < -0.3 is 10.1 Å². The summed E-state index contributed by atoms with van der Waals surface area (Å²) >= 11 is 8.51. The minimum absolute atomic E-state index is 0.0842. The first kappa shape index (κ1) is 18.2. The van der Waals surface area contributed by atoms with Gasteiger partial charge in [-0.15, -0.1) is 0 Å². The first-order valence-corrected chi connectivity index (χ1v) is 8.58. The molecule has 0 aliphatic rings. The average molecular weight is 410 g/mol. The Bertz CT molecular complexity index is 423. The molecule has 1 aromatic carbocycles. The summed E-state index contributed by atoms with van der Waals surface area (Å²) in [6.07, 6.45) is 3.18. The third-order valence-corrected chi connectivity index (χ3v) is 5.15. The molecule has 0 aromatic heterocycles. The van der Waals surface area contributed by atoms with Crippen molar-refractivity contribution < 1.29 is 4.74 Å². The number of hydrogen-bond acceptors (Lipinski definition) is 2. The molecule has 0 radical (unpaired) electrons. The summed E-state index contributed by atoms with van der Waals surface area (Å²) in [7, 11) is 1.77.